The van der Waals surface area contributed by atoms with Crippen LogP contribution >= 0.6 is 0 Å². The first kappa shape index (κ1) is 21.8. The summed E-state index contributed by atoms with van der Waals surface area (Å²) in [5.41, 5.74) is 1.30. The zero-order valence-electron chi connectivity index (χ0n) is 18.6. The maximum atomic E-state index is 5.59. The molecule has 0 bridgehead atoms. The van der Waals surface area contributed by atoms with Crippen LogP contribution in [0.3, 0.4) is 0 Å². The Kier molecular flexibility index (Phi) is 7.72. The third kappa shape index (κ3) is 5.82. The lowest BCUT2D eigenvalue weighted by Gasteiger charge is -2.42. The van der Waals surface area contributed by atoms with Crippen molar-refractivity contribution in [3.05, 3.63) is 23.9 Å². The summed E-state index contributed by atoms with van der Waals surface area (Å²) in [5, 5.41) is 7.11. The van der Waals surface area contributed by atoms with E-state index >= 15 is 0 Å². The molecule has 7 nitrogen and oxygen atoms in total. The van der Waals surface area contributed by atoms with Crippen molar-refractivity contribution in [2.45, 2.75) is 51.1 Å². The standard InChI is InChI=1S/C22H38N6O/c1-5-23-21(25-17-22(27(3)4)10-14-29-15-11-22)26-19-8-12-28(13-9-19)20-7-6-18(2)16-24-20/h6-7,16,19H,5,8-15,17H2,1-4H3,(H2,23,25,26). The van der Waals surface area contributed by atoms with Gasteiger partial charge in [0, 0.05) is 50.6 Å². The molecule has 2 N–H and O–H groups in total. The lowest BCUT2D eigenvalue weighted by molar-refractivity contribution is -0.00255. The van der Waals surface area contributed by atoms with E-state index in [0.29, 0.717) is 6.04 Å². The number of hydrogen-bond acceptors (Lipinski definition) is 5. The van der Waals surface area contributed by atoms with Gasteiger partial charge in [0.05, 0.1) is 6.54 Å². The van der Waals surface area contributed by atoms with Gasteiger partial charge < -0.3 is 25.2 Å². The maximum absolute atomic E-state index is 5.59. The van der Waals surface area contributed by atoms with E-state index in [1.807, 2.05) is 6.20 Å². The normalized spacial score (nSPS) is 20.7. The summed E-state index contributed by atoms with van der Waals surface area (Å²) < 4.78 is 5.59. The predicted octanol–water partition coefficient (Wildman–Crippen LogP) is 2.02. The number of anilines is 1. The van der Waals surface area contributed by atoms with Gasteiger partial charge in [0.2, 0.25) is 0 Å². The molecule has 0 unspecified atom stereocenters. The van der Waals surface area contributed by atoms with Gasteiger partial charge in [-0.25, -0.2) is 4.98 Å². The Bertz CT molecular complexity index is 646. The molecule has 3 heterocycles. The third-order valence-electron chi connectivity index (χ3n) is 6.30. The Labute approximate surface area is 175 Å². The minimum Gasteiger partial charge on any atom is -0.381 e. The molecule has 0 radical (unpaired) electrons. The van der Waals surface area contributed by atoms with Gasteiger partial charge in [0.25, 0.3) is 0 Å². The number of rotatable bonds is 6. The zero-order valence-corrected chi connectivity index (χ0v) is 18.6. The van der Waals surface area contributed by atoms with Crippen LogP contribution in [0.2, 0.25) is 0 Å². The highest BCUT2D eigenvalue weighted by molar-refractivity contribution is 5.80. The van der Waals surface area contributed by atoms with Crippen molar-refractivity contribution in [2.75, 3.05) is 58.4 Å². The van der Waals surface area contributed by atoms with E-state index in [1.54, 1.807) is 0 Å². The van der Waals surface area contributed by atoms with Gasteiger partial charge in [-0.1, -0.05) is 6.07 Å². The number of guanidine groups is 1. The fourth-order valence-corrected chi connectivity index (χ4v) is 4.14. The molecule has 29 heavy (non-hydrogen) atoms. The van der Waals surface area contributed by atoms with E-state index in [-0.39, 0.29) is 5.54 Å². The number of pyridine rings is 1. The molecule has 0 aromatic carbocycles. The molecule has 2 aliphatic rings. The predicted molar refractivity (Wildman–Crippen MR) is 120 cm³/mol. The molecule has 0 saturated carbocycles. The van der Waals surface area contributed by atoms with Crippen molar-refractivity contribution >= 4 is 11.8 Å². The minimum atomic E-state index is 0.0983. The third-order valence-corrected chi connectivity index (χ3v) is 6.30. The molecule has 1 aromatic heterocycles. The summed E-state index contributed by atoms with van der Waals surface area (Å²) in [4.78, 5) is 14.3. The first-order valence-corrected chi connectivity index (χ1v) is 11.0. The highest BCUT2D eigenvalue weighted by atomic mass is 16.5. The fourth-order valence-electron chi connectivity index (χ4n) is 4.14. The van der Waals surface area contributed by atoms with Crippen molar-refractivity contribution < 1.29 is 4.74 Å². The molecule has 2 saturated heterocycles. The first-order chi connectivity index (χ1) is 14.0. The molecule has 2 fully saturated rings. The number of piperidine rings is 1. The second-order valence-electron chi connectivity index (χ2n) is 8.53. The van der Waals surface area contributed by atoms with Crippen molar-refractivity contribution in [2.24, 2.45) is 4.99 Å². The lowest BCUT2D eigenvalue weighted by Crippen LogP contribution is -2.53. The van der Waals surface area contributed by atoms with E-state index in [0.717, 1.165) is 76.9 Å². The molecule has 0 atom stereocenters. The number of ether oxygens (including phenoxy) is 1. The van der Waals surface area contributed by atoms with Gasteiger partial charge in [0.15, 0.2) is 5.96 Å². The molecule has 1 aromatic rings. The van der Waals surface area contributed by atoms with Crippen LogP contribution in [0.1, 0.15) is 38.2 Å². The highest BCUT2D eigenvalue weighted by Gasteiger charge is 2.34. The van der Waals surface area contributed by atoms with E-state index in [1.165, 1.54) is 5.56 Å². The van der Waals surface area contributed by atoms with E-state index in [9.17, 15) is 0 Å². The van der Waals surface area contributed by atoms with Crippen molar-refractivity contribution in [1.82, 2.24) is 20.5 Å². The average molecular weight is 403 g/mol. The van der Waals surface area contributed by atoms with Crippen LogP contribution in [0.4, 0.5) is 5.82 Å². The smallest absolute Gasteiger partial charge is 0.191 e. The van der Waals surface area contributed by atoms with Crippen LogP contribution in [0.25, 0.3) is 0 Å². The quantitative estimate of drug-likeness (QED) is 0.561. The molecule has 0 amide bonds. The van der Waals surface area contributed by atoms with Crippen molar-refractivity contribution in [3.63, 3.8) is 0 Å². The molecular formula is C22H38N6O. The molecule has 0 aliphatic carbocycles. The largest absolute Gasteiger partial charge is 0.381 e. The molecular weight excluding hydrogens is 364 g/mol. The zero-order chi connectivity index (χ0) is 20.7. The SMILES string of the molecule is CCNC(=NCC1(N(C)C)CCOCC1)NC1CCN(c2ccc(C)cn2)CC1. The van der Waals surface area contributed by atoms with E-state index in [4.69, 9.17) is 9.73 Å². The van der Waals surface area contributed by atoms with Crippen LogP contribution in [-0.4, -0.2) is 80.9 Å². The lowest BCUT2D eigenvalue weighted by atomic mass is 9.89. The molecule has 7 heteroatoms. The Balaban J connectivity index is 1.56. The fraction of sp³-hybridized carbons (Fsp3) is 0.727. The summed E-state index contributed by atoms with van der Waals surface area (Å²) >= 11 is 0. The van der Waals surface area contributed by atoms with E-state index in [2.05, 4.69) is 65.5 Å². The van der Waals surface area contributed by atoms with Gasteiger partial charge in [-0.05, 0) is 65.3 Å². The molecule has 3 rings (SSSR count). The monoisotopic (exact) mass is 402 g/mol. The maximum Gasteiger partial charge on any atom is 0.191 e. The van der Waals surface area contributed by atoms with E-state index < -0.39 is 0 Å². The number of aliphatic imine (C=N–C) groups is 1. The average Bonchev–Trinajstić information content (AvgIpc) is 2.74. The molecule has 162 valence electrons. The van der Waals surface area contributed by atoms with Crippen LogP contribution in [0, 0.1) is 6.92 Å². The number of aromatic nitrogens is 1. The van der Waals surface area contributed by atoms with Gasteiger partial charge in [-0.2, -0.15) is 0 Å². The summed E-state index contributed by atoms with van der Waals surface area (Å²) in [6, 6.07) is 4.71. The van der Waals surface area contributed by atoms with Gasteiger partial charge in [0.1, 0.15) is 5.82 Å². The molecule has 0 spiro atoms. The number of likely N-dealkylation sites (N-methyl/N-ethyl adjacent to an activating group) is 1. The first-order valence-electron chi connectivity index (χ1n) is 11.0. The number of hydrogen-bond donors (Lipinski definition) is 2. The Morgan fingerprint density at radius 2 is 2.00 bits per heavy atom. The Morgan fingerprint density at radius 1 is 1.28 bits per heavy atom. The van der Waals surface area contributed by atoms with Crippen LogP contribution in [0.15, 0.2) is 23.3 Å². The topological polar surface area (TPSA) is 65.0 Å². The summed E-state index contributed by atoms with van der Waals surface area (Å²) in [7, 11) is 4.33. The van der Waals surface area contributed by atoms with Crippen LogP contribution in [0.5, 0.6) is 0 Å². The molecule has 2 aliphatic heterocycles. The highest BCUT2D eigenvalue weighted by Crippen LogP contribution is 2.26. The van der Waals surface area contributed by atoms with Gasteiger partial charge in [-0.15, -0.1) is 0 Å². The second kappa shape index (κ2) is 10.3. The van der Waals surface area contributed by atoms with Crippen LogP contribution < -0.4 is 15.5 Å². The number of nitrogens with one attached hydrogen (secondary N) is 2. The Hall–Kier alpha value is -1.86. The minimum absolute atomic E-state index is 0.0983. The summed E-state index contributed by atoms with van der Waals surface area (Å²) in [5.74, 6) is 2.02. The second-order valence-corrected chi connectivity index (χ2v) is 8.53. The van der Waals surface area contributed by atoms with Gasteiger partial charge in [-0.3, -0.25) is 4.99 Å². The summed E-state index contributed by atoms with van der Waals surface area (Å²) in [6.07, 6.45) is 6.20. The van der Waals surface area contributed by atoms with Gasteiger partial charge >= 0.3 is 0 Å². The number of nitrogens with zero attached hydrogens (tertiary/aromatic N) is 4. The van der Waals surface area contributed by atoms with Crippen molar-refractivity contribution in [1.29, 1.82) is 0 Å². The number of aryl methyl sites for hydroxylation is 1. The summed E-state index contributed by atoms with van der Waals surface area (Å²) in [6.45, 7) is 9.56. The van der Waals surface area contributed by atoms with Crippen LogP contribution in [-0.2, 0) is 4.74 Å². The van der Waals surface area contributed by atoms with Crippen molar-refractivity contribution in [3.8, 4) is 0 Å². The Morgan fingerprint density at radius 3 is 2.59 bits per heavy atom.